The molecular weight excluding hydrogens is 329 g/mol. The molecule has 0 bridgehead atoms. The van der Waals surface area contributed by atoms with E-state index in [1.165, 1.54) is 0 Å². The fourth-order valence-electron chi connectivity index (χ4n) is 2.28. The van der Waals surface area contributed by atoms with Crippen molar-refractivity contribution in [3.8, 4) is 0 Å². The van der Waals surface area contributed by atoms with E-state index in [4.69, 9.17) is 23.2 Å². The quantitative estimate of drug-likeness (QED) is 0.663. The molecule has 0 aliphatic carbocycles. The summed E-state index contributed by atoms with van der Waals surface area (Å²) in [6.07, 6.45) is 2.34. The number of carbonyl (C=O) groups is 1. The highest BCUT2D eigenvalue weighted by atomic mass is 35.5. The number of benzene rings is 2. The zero-order valence-corrected chi connectivity index (χ0v) is 14.5. The molecule has 0 saturated heterocycles. The van der Waals surface area contributed by atoms with Crippen molar-refractivity contribution in [2.45, 2.75) is 26.2 Å². The van der Waals surface area contributed by atoms with Crippen LogP contribution < -0.4 is 5.32 Å². The molecular formula is C19H19Cl2NO. The molecule has 0 fully saturated rings. The smallest absolute Gasteiger partial charge is 0.224 e. The van der Waals surface area contributed by atoms with Crippen LogP contribution in [0.4, 0.5) is 5.69 Å². The van der Waals surface area contributed by atoms with Crippen LogP contribution in [0.3, 0.4) is 0 Å². The molecule has 0 aromatic heterocycles. The summed E-state index contributed by atoms with van der Waals surface area (Å²) in [5.74, 6) is -0.0117. The van der Waals surface area contributed by atoms with E-state index >= 15 is 0 Å². The van der Waals surface area contributed by atoms with Gasteiger partial charge in [-0.1, -0.05) is 61.3 Å². The number of amides is 1. The number of anilines is 1. The summed E-state index contributed by atoms with van der Waals surface area (Å²) >= 11 is 12.4. The van der Waals surface area contributed by atoms with Crippen molar-refractivity contribution in [2.75, 3.05) is 5.32 Å². The molecule has 0 unspecified atom stereocenters. The number of carbonyl (C=O) groups excluding carboxylic acids is 1. The van der Waals surface area contributed by atoms with Gasteiger partial charge >= 0.3 is 0 Å². The molecule has 0 radical (unpaired) electrons. The minimum Gasteiger partial charge on any atom is -0.326 e. The summed E-state index contributed by atoms with van der Waals surface area (Å²) in [6, 6.07) is 12.8. The minimum absolute atomic E-state index is 0.0117. The number of halogens is 2. The summed E-state index contributed by atoms with van der Waals surface area (Å²) < 4.78 is 0. The lowest BCUT2D eigenvalue weighted by Crippen LogP contribution is -2.12. The second-order valence-electron chi connectivity index (χ2n) is 5.30. The maximum Gasteiger partial charge on any atom is 0.224 e. The van der Waals surface area contributed by atoms with Gasteiger partial charge in [0, 0.05) is 33.3 Å². The molecule has 2 aromatic carbocycles. The molecule has 0 aliphatic heterocycles. The molecule has 0 atom stereocenters. The number of hydrogen-bond donors (Lipinski definition) is 1. The first-order chi connectivity index (χ1) is 11.0. The molecule has 23 heavy (non-hydrogen) atoms. The van der Waals surface area contributed by atoms with Crippen molar-refractivity contribution in [3.05, 3.63) is 70.2 Å². The molecule has 1 N–H and O–H groups in total. The Kier molecular flexibility index (Phi) is 6.26. The highest BCUT2D eigenvalue weighted by molar-refractivity contribution is 6.33. The fourth-order valence-corrected chi connectivity index (χ4v) is 2.70. The van der Waals surface area contributed by atoms with Crippen LogP contribution in [0.25, 0.3) is 5.57 Å². The third-order valence-electron chi connectivity index (χ3n) is 3.54. The fraction of sp³-hybridized carbons (Fsp3) is 0.211. The Labute approximate surface area is 147 Å². The lowest BCUT2D eigenvalue weighted by atomic mass is 9.98. The summed E-state index contributed by atoms with van der Waals surface area (Å²) in [7, 11) is 0. The molecule has 2 aromatic rings. The Morgan fingerprint density at radius 3 is 2.57 bits per heavy atom. The van der Waals surface area contributed by atoms with Crippen LogP contribution in [0.1, 0.15) is 37.3 Å². The first-order valence-electron chi connectivity index (χ1n) is 7.56. The maximum absolute atomic E-state index is 12.0. The monoisotopic (exact) mass is 347 g/mol. The van der Waals surface area contributed by atoms with Crippen molar-refractivity contribution in [2.24, 2.45) is 0 Å². The van der Waals surface area contributed by atoms with E-state index in [9.17, 15) is 4.79 Å². The second-order valence-corrected chi connectivity index (χ2v) is 6.14. The number of nitrogens with one attached hydrogen (secondary N) is 1. The average Bonchev–Trinajstić information content (AvgIpc) is 2.54. The van der Waals surface area contributed by atoms with E-state index in [1.807, 2.05) is 24.3 Å². The van der Waals surface area contributed by atoms with E-state index in [1.54, 1.807) is 18.2 Å². The van der Waals surface area contributed by atoms with E-state index in [2.05, 4.69) is 18.8 Å². The van der Waals surface area contributed by atoms with Gasteiger partial charge in [-0.3, -0.25) is 4.79 Å². The topological polar surface area (TPSA) is 29.1 Å². The zero-order chi connectivity index (χ0) is 16.8. The van der Waals surface area contributed by atoms with Gasteiger partial charge in [-0.15, -0.1) is 0 Å². The van der Waals surface area contributed by atoms with E-state index in [0.717, 1.165) is 29.5 Å². The number of hydrogen-bond acceptors (Lipinski definition) is 1. The largest absolute Gasteiger partial charge is 0.326 e. The molecule has 1 amide bonds. The summed E-state index contributed by atoms with van der Waals surface area (Å²) in [6.45, 7) is 6.19. The molecule has 0 aliphatic rings. The molecule has 120 valence electrons. The highest BCUT2D eigenvalue weighted by Gasteiger charge is 2.13. The Hall–Kier alpha value is -1.77. The van der Waals surface area contributed by atoms with Crippen LogP contribution in [-0.4, -0.2) is 5.91 Å². The van der Waals surface area contributed by atoms with Crippen LogP contribution in [0.15, 0.2) is 49.0 Å². The first-order valence-corrected chi connectivity index (χ1v) is 8.32. The Bertz CT molecular complexity index is 725. The van der Waals surface area contributed by atoms with Gasteiger partial charge in [-0.05, 0) is 36.3 Å². The van der Waals surface area contributed by atoms with Crippen LogP contribution >= 0.6 is 23.2 Å². The van der Waals surface area contributed by atoms with Gasteiger partial charge in [-0.25, -0.2) is 0 Å². The van der Waals surface area contributed by atoms with Crippen molar-refractivity contribution in [3.63, 3.8) is 0 Å². The van der Waals surface area contributed by atoms with Crippen molar-refractivity contribution >= 4 is 40.4 Å². The summed E-state index contributed by atoms with van der Waals surface area (Å²) in [5.41, 5.74) is 3.01. The number of rotatable bonds is 6. The van der Waals surface area contributed by atoms with Gasteiger partial charge in [0.1, 0.15) is 0 Å². The third kappa shape index (κ3) is 4.60. The molecule has 0 heterocycles. The molecule has 4 heteroatoms. The summed E-state index contributed by atoms with van der Waals surface area (Å²) in [4.78, 5) is 12.0. The zero-order valence-electron chi connectivity index (χ0n) is 13.0. The lowest BCUT2D eigenvalue weighted by molar-refractivity contribution is -0.116. The first kappa shape index (κ1) is 17.6. The number of unbranched alkanes of at least 4 members (excludes halogenated alkanes) is 1. The van der Waals surface area contributed by atoms with Gasteiger partial charge < -0.3 is 5.32 Å². The van der Waals surface area contributed by atoms with E-state index < -0.39 is 0 Å². The molecule has 2 rings (SSSR count). The van der Waals surface area contributed by atoms with Gasteiger partial charge in [0.25, 0.3) is 0 Å². The lowest BCUT2D eigenvalue weighted by Gasteiger charge is -2.15. The standard InChI is InChI=1S/C19H19Cl2NO/c1-3-4-9-19(23)22-18-11-10-14(20)12-16(18)13(2)15-7-5-6-8-17(15)21/h5-8,10-12H,2-4,9H2,1H3,(H,22,23). The SMILES string of the molecule is C=C(c1ccccc1Cl)c1cc(Cl)ccc1NC(=O)CCCC. The Morgan fingerprint density at radius 1 is 1.13 bits per heavy atom. The second kappa shape index (κ2) is 8.19. The van der Waals surface area contributed by atoms with Crippen LogP contribution in [0, 0.1) is 0 Å². The van der Waals surface area contributed by atoms with Gasteiger partial charge in [0.2, 0.25) is 5.91 Å². The maximum atomic E-state index is 12.0. The van der Waals surface area contributed by atoms with E-state index in [-0.39, 0.29) is 5.91 Å². The van der Waals surface area contributed by atoms with Crippen molar-refractivity contribution < 1.29 is 4.79 Å². The summed E-state index contributed by atoms with van der Waals surface area (Å²) in [5, 5.41) is 4.14. The van der Waals surface area contributed by atoms with Crippen molar-refractivity contribution in [1.29, 1.82) is 0 Å². The molecule has 0 spiro atoms. The molecule has 0 saturated carbocycles. The molecule has 2 nitrogen and oxygen atoms in total. The van der Waals surface area contributed by atoms with Crippen LogP contribution in [-0.2, 0) is 4.79 Å². The third-order valence-corrected chi connectivity index (χ3v) is 4.10. The van der Waals surface area contributed by atoms with Gasteiger partial charge in [0.15, 0.2) is 0 Å². The van der Waals surface area contributed by atoms with Gasteiger partial charge in [-0.2, -0.15) is 0 Å². The van der Waals surface area contributed by atoms with E-state index in [0.29, 0.717) is 22.2 Å². The predicted molar refractivity (Wildman–Crippen MR) is 99.2 cm³/mol. The highest BCUT2D eigenvalue weighted by Crippen LogP contribution is 2.33. The van der Waals surface area contributed by atoms with Crippen LogP contribution in [0.5, 0.6) is 0 Å². The normalized spacial score (nSPS) is 10.4. The Morgan fingerprint density at radius 2 is 1.87 bits per heavy atom. The average molecular weight is 348 g/mol. The van der Waals surface area contributed by atoms with Gasteiger partial charge in [0.05, 0.1) is 0 Å². The predicted octanol–water partition coefficient (Wildman–Crippen LogP) is 6.18. The van der Waals surface area contributed by atoms with Crippen molar-refractivity contribution in [1.82, 2.24) is 0 Å². The Balaban J connectivity index is 2.34. The minimum atomic E-state index is -0.0117. The van der Waals surface area contributed by atoms with Crippen LogP contribution in [0.2, 0.25) is 10.0 Å².